The third-order valence-electron chi connectivity index (χ3n) is 8.03. The Hall–Kier alpha value is -2.37. The van der Waals surface area contributed by atoms with Gasteiger partial charge < -0.3 is 10.6 Å². The molecule has 3 aliphatic carbocycles. The highest BCUT2D eigenvalue weighted by Crippen LogP contribution is 2.49. The van der Waals surface area contributed by atoms with E-state index < -0.39 is 11.6 Å². The second-order valence-electron chi connectivity index (χ2n) is 9.79. The number of aryl methyl sites for hydroxylation is 1. The van der Waals surface area contributed by atoms with E-state index in [0.29, 0.717) is 18.3 Å². The number of nitrogens with zero attached hydrogens (tertiary/aromatic N) is 1. The van der Waals surface area contributed by atoms with E-state index in [0.717, 1.165) is 41.2 Å². The van der Waals surface area contributed by atoms with Crippen LogP contribution in [0.2, 0.25) is 0 Å². The molecule has 1 aromatic carbocycles. The fourth-order valence-electron chi connectivity index (χ4n) is 6.57. The molecule has 0 unspecified atom stereocenters. The van der Waals surface area contributed by atoms with Gasteiger partial charge in [0.15, 0.2) is 0 Å². The molecular formula is C24H31N3O3. The van der Waals surface area contributed by atoms with E-state index in [1.54, 1.807) is 0 Å². The lowest BCUT2D eigenvalue weighted by Gasteiger charge is -2.29. The van der Waals surface area contributed by atoms with Crippen molar-refractivity contribution >= 4 is 17.8 Å². The van der Waals surface area contributed by atoms with E-state index >= 15 is 0 Å². The standard InChI is InChI=1S/C24H31N3O3/c1-15(19-13-16-9-10-18(19)12-16)25-21(28)14-27-22(29)24(26-23(27)30)11-5-4-7-17-6-2-3-8-20(17)24/h2-3,6,8,15-16,18-19H,4-5,7,9-14H2,1H3,(H,25,28)(H,26,30)/t15-,16-,18-,19-,24-/m0/s1. The van der Waals surface area contributed by atoms with Crippen LogP contribution in [0.25, 0.3) is 0 Å². The topological polar surface area (TPSA) is 78.5 Å². The SMILES string of the molecule is C[C@H](NC(=O)CN1C(=O)N[C@]2(CCCCc3ccccc32)C1=O)[C@@H]1C[C@H]2CC[C@H]1C2. The van der Waals surface area contributed by atoms with E-state index in [1.807, 2.05) is 24.3 Å². The second-order valence-corrected chi connectivity index (χ2v) is 9.79. The highest BCUT2D eigenvalue weighted by atomic mass is 16.2. The summed E-state index contributed by atoms with van der Waals surface area (Å²) < 4.78 is 0. The third-order valence-corrected chi connectivity index (χ3v) is 8.03. The molecule has 6 heteroatoms. The van der Waals surface area contributed by atoms with Crippen molar-refractivity contribution in [3.05, 3.63) is 35.4 Å². The first-order valence-electron chi connectivity index (χ1n) is 11.5. The molecule has 5 rings (SSSR count). The molecule has 0 aromatic heterocycles. The highest BCUT2D eigenvalue weighted by molar-refractivity contribution is 6.09. The molecule has 1 aromatic rings. The lowest BCUT2D eigenvalue weighted by atomic mass is 9.84. The van der Waals surface area contributed by atoms with E-state index in [-0.39, 0.29) is 24.4 Å². The molecule has 5 atom stereocenters. The summed E-state index contributed by atoms with van der Waals surface area (Å²) in [5.74, 6) is 1.53. The summed E-state index contributed by atoms with van der Waals surface area (Å²) in [5, 5.41) is 6.04. The van der Waals surface area contributed by atoms with Crippen molar-refractivity contribution in [1.82, 2.24) is 15.5 Å². The van der Waals surface area contributed by atoms with Gasteiger partial charge in [-0.15, -0.1) is 0 Å². The first-order chi connectivity index (χ1) is 14.5. The second kappa shape index (κ2) is 7.40. The first-order valence-corrected chi connectivity index (χ1v) is 11.5. The van der Waals surface area contributed by atoms with Crippen LogP contribution >= 0.6 is 0 Å². The van der Waals surface area contributed by atoms with Crippen LogP contribution in [-0.4, -0.2) is 35.3 Å². The van der Waals surface area contributed by atoms with Crippen LogP contribution in [-0.2, 0) is 21.5 Å². The van der Waals surface area contributed by atoms with Crippen LogP contribution < -0.4 is 10.6 Å². The number of benzene rings is 1. The number of hydrogen-bond donors (Lipinski definition) is 2. The van der Waals surface area contributed by atoms with E-state index in [1.165, 1.54) is 25.7 Å². The number of hydrogen-bond acceptors (Lipinski definition) is 3. The van der Waals surface area contributed by atoms with Crippen LogP contribution in [0.1, 0.15) is 63.0 Å². The summed E-state index contributed by atoms with van der Waals surface area (Å²) in [6.07, 6.45) is 8.41. The lowest BCUT2D eigenvalue weighted by molar-refractivity contribution is -0.135. The van der Waals surface area contributed by atoms with Gasteiger partial charge in [-0.1, -0.05) is 30.7 Å². The van der Waals surface area contributed by atoms with Gasteiger partial charge in [0.05, 0.1) is 0 Å². The van der Waals surface area contributed by atoms with Crippen molar-refractivity contribution in [2.24, 2.45) is 17.8 Å². The van der Waals surface area contributed by atoms with Gasteiger partial charge in [-0.25, -0.2) is 4.79 Å². The Kier molecular flexibility index (Phi) is 4.83. The summed E-state index contributed by atoms with van der Waals surface area (Å²) in [6, 6.07) is 7.49. The predicted octanol–water partition coefficient (Wildman–Crippen LogP) is 3.10. The fourth-order valence-corrected chi connectivity index (χ4v) is 6.57. The summed E-state index contributed by atoms with van der Waals surface area (Å²) >= 11 is 0. The molecule has 1 saturated heterocycles. The van der Waals surface area contributed by atoms with Crippen LogP contribution in [0.3, 0.4) is 0 Å². The number of carbonyl (C=O) groups is 3. The zero-order chi connectivity index (χ0) is 20.9. The van der Waals surface area contributed by atoms with E-state index in [9.17, 15) is 14.4 Å². The summed E-state index contributed by atoms with van der Waals surface area (Å²) in [5.41, 5.74) is 0.972. The van der Waals surface area contributed by atoms with Crippen molar-refractivity contribution < 1.29 is 14.4 Å². The van der Waals surface area contributed by atoms with Crippen molar-refractivity contribution in [2.45, 2.75) is 69.9 Å². The third kappa shape index (κ3) is 3.12. The Bertz CT molecular complexity index is 884. The molecular weight excluding hydrogens is 378 g/mol. The minimum Gasteiger partial charge on any atom is -0.352 e. The molecule has 4 amide bonds. The number of carbonyl (C=O) groups excluding carboxylic acids is 3. The molecule has 1 aliphatic heterocycles. The quantitative estimate of drug-likeness (QED) is 0.750. The van der Waals surface area contributed by atoms with Gasteiger partial charge >= 0.3 is 6.03 Å². The summed E-state index contributed by atoms with van der Waals surface area (Å²) in [7, 11) is 0. The predicted molar refractivity (Wildman–Crippen MR) is 112 cm³/mol. The first kappa shape index (κ1) is 19.6. The van der Waals surface area contributed by atoms with Crippen LogP contribution in [0.4, 0.5) is 4.79 Å². The number of fused-ring (bicyclic) bond motifs is 4. The average Bonchev–Trinajstić information content (AvgIpc) is 3.38. The Morgan fingerprint density at radius 3 is 2.83 bits per heavy atom. The normalized spacial score (nSPS) is 33.4. The molecule has 1 heterocycles. The number of rotatable bonds is 4. The van der Waals surface area contributed by atoms with E-state index in [2.05, 4.69) is 17.6 Å². The van der Waals surface area contributed by atoms with Gasteiger partial charge in [-0.05, 0) is 80.8 Å². The molecule has 4 aliphatic rings. The minimum absolute atomic E-state index is 0.0844. The largest absolute Gasteiger partial charge is 0.352 e. The molecule has 3 fully saturated rings. The molecule has 1 spiro atoms. The molecule has 0 radical (unpaired) electrons. The van der Waals surface area contributed by atoms with Crippen molar-refractivity contribution in [3.8, 4) is 0 Å². The van der Waals surface area contributed by atoms with Crippen molar-refractivity contribution in [3.63, 3.8) is 0 Å². The summed E-state index contributed by atoms with van der Waals surface area (Å²) in [6.45, 7) is 1.86. The maximum absolute atomic E-state index is 13.5. The molecule has 30 heavy (non-hydrogen) atoms. The maximum Gasteiger partial charge on any atom is 0.325 e. The molecule has 2 N–H and O–H groups in total. The van der Waals surface area contributed by atoms with Crippen LogP contribution in [0.5, 0.6) is 0 Å². The molecule has 2 bridgehead atoms. The molecule has 160 valence electrons. The zero-order valence-electron chi connectivity index (χ0n) is 17.7. The average molecular weight is 410 g/mol. The van der Waals surface area contributed by atoms with Crippen molar-refractivity contribution in [2.75, 3.05) is 6.54 Å². The highest BCUT2D eigenvalue weighted by Gasteiger charge is 2.53. The smallest absolute Gasteiger partial charge is 0.325 e. The van der Waals surface area contributed by atoms with Gasteiger partial charge in [0.1, 0.15) is 12.1 Å². The lowest BCUT2D eigenvalue weighted by Crippen LogP contribution is -2.47. The number of nitrogens with one attached hydrogen (secondary N) is 2. The monoisotopic (exact) mass is 409 g/mol. The molecule has 6 nitrogen and oxygen atoms in total. The van der Waals surface area contributed by atoms with Gasteiger partial charge in [0.25, 0.3) is 5.91 Å². The number of imide groups is 1. The maximum atomic E-state index is 13.5. The van der Waals surface area contributed by atoms with Gasteiger partial charge in [0, 0.05) is 6.04 Å². The van der Waals surface area contributed by atoms with Crippen LogP contribution in [0, 0.1) is 17.8 Å². The fraction of sp³-hybridized carbons (Fsp3) is 0.625. The summed E-state index contributed by atoms with van der Waals surface area (Å²) in [4.78, 5) is 40.1. The minimum atomic E-state index is -1.03. The Labute approximate surface area is 177 Å². The van der Waals surface area contributed by atoms with Gasteiger partial charge in [-0.2, -0.15) is 0 Å². The van der Waals surface area contributed by atoms with Crippen LogP contribution in [0.15, 0.2) is 24.3 Å². The van der Waals surface area contributed by atoms with Crippen molar-refractivity contribution in [1.29, 1.82) is 0 Å². The Balaban J connectivity index is 1.30. The Morgan fingerprint density at radius 2 is 2.07 bits per heavy atom. The van der Waals surface area contributed by atoms with E-state index in [4.69, 9.17) is 0 Å². The number of urea groups is 1. The Morgan fingerprint density at radius 1 is 1.23 bits per heavy atom. The zero-order valence-corrected chi connectivity index (χ0v) is 17.7. The number of amides is 4. The van der Waals surface area contributed by atoms with Gasteiger partial charge in [0.2, 0.25) is 5.91 Å². The molecule has 2 saturated carbocycles. The van der Waals surface area contributed by atoms with Gasteiger partial charge in [-0.3, -0.25) is 14.5 Å².